The number of benzene rings is 1. The summed E-state index contributed by atoms with van der Waals surface area (Å²) in [7, 11) is 0. The summed E-state index contributed by atoms with van der Waals surface area (Å²) in [6.07, 6.45) is 4.34. The third kappa shape index (κ3) is 1.47. The number of rotatable bonds is 2. The molecule has 0 unspecified atom stereocenters. The van der Waals surface area contributed by atoms with Gasteiger partial charge in [0, 0.05) is 5.56 Å². The van der Waals surface area contributed by atoms with Crippen LogP contribution < -0.4 is 4.94 Å². The molecule has 0 saturated heterocycles. The van der Waals surface area contributed by atoms with Crippen molar-refractivity contribution in [2.24, 2.45) is 4.99 Å². The Morgan fingerprint density at radius 1 is 1.41 bits per heavy atom. The lowest BCUT2D eigenvalue weighted by atomic mass is 9.72. The summed E-state index contributed by atoms with van der Waals surface area (Å²) in [6, 6.07) is 5.50. The number of fused-ring (bicyclic) bond motifs is 1. The molecule has 0 bridgehead atoms. The van der Waals surface area contributed by atoms with E-state index in [4.69, 9.17) is 4.42 Å². The van der Waals surface area contributed by atoms with Crippen molar-refractivity contribution in [1.82, 2.24) is 0 Å². The molecule has 5 heteroatoms. The minimum atomic E-state index is -0.478. The Morgan fingerprint density at radius 2 is 2.24 bits per heavy atom. The lowest BCUT2D eigenvalue weighted by Gasteiger charge is -2.37. The van der Waals surface area contributed by atoms with Crippen LogP contribution in [0.15, 0.2) is 32.4 Å². The van der Waals surface area contributed by atoms with Crippen molar-refractivity contribution < 1.29 is 9.21 Å². The van der Waals surface area contributed by atoms with Gasteiger partial charge in [-0.2, -0.15) is 4.99 Å². The molecule has 0 N–H and O–H groups in total. The number of isocyanates is 1. The first-order valence-corrected chi connectivity index (χ1v) is 6.19. The van der Waals surface area contributed by atoms with Gasteiger partial charge >= 0.3 is 4.94 Å². The van der Waals surface area contributed by atoms with E-state index in [9.17, 15) is 9.59 Å². The average molecular weight is 247 g/mol. The van der Waals surface area contributed by atoms with Crippen LogP contribution >= 0.6 is 11.3 Å². The van der Waals surface area contributed by atoms with E-state index in [1.807, 2.05) is 12.1 Å². The van der Waals surface area contributed by atoms with Gasteiger partial charge in [0.15, 0.2) is 0 Å². The van der Waals surface area contributed by atoms with E-state index in [-0.39, 0.29) is 4.94 Å². The third-order valence-electron chi connectivity index (χ3n) is 3.30. The Kier molecular flexibility index (Phi) is 2.24. The highest BCUT2D eigenvalue weighted by molar-refractivity contribution is 7.16. The molecular weight excluding hydrogens is 238 g/mol. The van der Waals surface area contributed by atoms with Gasteiger partial charge in [-0.25, -0.2) is 9.59 Å². The molecule has 4 nitrogen and oxygen atoms in total. The topological polar surface area (TPSA) is 59.6 Å². The average Bonchev–Trinajstić information content (AvgIpc) is 2.63. The molecule has 0 radical (unpaired) electrons. The van der Waals surface area contributed by atoms with Crippen LogP contribution in [0, 0.1) is 0 Å². The molecule has 1 aliphatic rings. The molecule has 17 heavy (non-hydrogen) atoms. The minimum Gasteiger partial charge on any atom is -0.414 e. The van der Waals surface area contributed by atoms with Crippen LogP contribution in [0.2, 0.25) is 0 Å². The summed E-state index contributed by atoms with van der Waals surface area (Å²) in [5.41, 5.74) is 1.01. The molecule has 1 fully saturated rings. The molecule has 0 atom stereocenters. The Labute approximate surface area is 101 Å². The molecule has 1 heterocycles. The number of aliphatic imine (C=N–C) groups is 1. The molecule has 0 amide bonds. The molecule has 1 saturated carbocycles. The summed E-state index contributed by atoms with van der Waals surface area (Å²) in [5.74, 6) is 0. The Bertz CT molecular complexity index is 674. The van der Waals surface area contributed by atoms with E-state index in [1.165, 1.54) is 0 Å². The summed E-state index contributed by atoms with van der Waals surface area (Å²) < 4.78 is 5.88. The van der Waals surface area contributed by atoms with Crippen LogP contribution in [-0.2, 0) is 10.3 Å². The van der Waals surface area contributed by atoms with Crippen molar-refractivity contribution in [3.05, 3.63) is 33.5 Å². The number of carbonyl (C=O) groups excluding carboxylic acids is 1. The largest absolute Gasteiger partial charge is 0.414 e. The zero-order valence-electron chi connectivity index (χ0n) is 8.93. The van der Waals surface area contributed by atoms with Crippen LogP contribution in [0.4, 0.5) is 0 Å². The van der Waals surface area contributed by atoms with Gasteiger partial charge < -0.3 is 4.42 Å². The van der Waals surface area contributed by atoms with Crippen molar-refractivity contribution in [2.45, 2.75) is 24.8 Å². The Balaban J connectivity index is 2.29. The lowest BCUT2D eigenvalue weighted by Crippen LogP contribution is -2.31. The molecule has 1 aliphatic carbocycles. The summed E-state index contributed by atoms with van der Waals surface area (Å²) >= 11 is 1.07. The van der Waals surface area contributed by atoms with Crippen LogP contribution in [0.5, 0.6) is 0 Å². The fourth-order valence-corrected chi connectivity index (χ4v) is 3.18. The highest BCUT2D eigenvalue weighted by Crippen LogP contribution is 2.47. The number of hydrogen-bond donors (Lipinski definition) is 0. The van der Waals surface area contributed by atoms with Crippen molar-refractivity contribution >= 4 is 27.7 Å². The zero-order chi connectivity index (χ0) is 11.9. The van der Waals surface area contributed by atoms with Crippen molar-refractivity contribution in [3.63, 3.8) is 0 Å². The predicted molar refractivity (Wildman–Crippen MR) is 64.0 cm³/mol. The number of hydrogen-bond acceptors (Lipinski definition) is 5. The molecular formula is C12H9NO3S. The van der Waals surface area contributed by atoms with Gasteiger partial charge in [-0.1, -0.05) is 23.5 Å². The predicted octanol–water partition coefficient (Wildman–Crippen LogP) is 2.57. The molecule has 0 aliphatic heterocycles. The van der Waals surface area contributed by atoms with Gasteiger partial charge in [-0.15, -0.1) is 0 Å². The molecule has 3 rings (SSSR count). The van der Waals surface area contributed by atoms with E-state index in [0.717, 1.165) is 40.9 Å². The summed E-state index contributed by atoms with van der Waals surface area (Å²) in [5, 5.41) is 0. The lowest BCUT2D eigenvalue weighted by molar-refractivity contribution is 0.258. The van der Waals surface area contributed by atoms with Crippen LogP contribution in [0.25, 0.3) is 10.3 Å². The van der Waals surface area contributed by atoms with Gasteiger partial charge in [0.2, 0.25) is 6.08 Å². The fourth-order valence-electron chi connectivity index (χ4n) is 2.30. The Hall–Kier alpha value is -1.71. The van der Waals surface area contributed by atoms with Gasteiger partial charge in [-0.05, 0) is 25.3 Å². The summed E-state index contributed by atoms with van der Waals surface area (Å²) in [4.78, 5) is 25.5. The fraction of sp³-hybridized carbons (Fsp3) is 0.333. The van der Waals surface area contributed by atoms with Crippen LogP contribution in [0.3, 0.4) is 0 Å². The van der Waals surface area contributed by atoms with Crippen LogP contribution in [-0.4, -0.2) is 6.08 Å². The second-order valence-corrected chi connectivity index (χ2v) is 5.12. The molecule has 0 spiro atoms. The maximum absolute atomic E-state index is 11.3. The normalized spacial score (nSPS) is 17.4. The van der Waals surface area contributed by atoms with Gasteiger partial charge in [0.25, 0.3) is 0 Å². The highest BCUT2D eigenvalue weighted by atomic mass is 32.1. The van der Waals surface area contributed by atoms with Crippen molar-refractivity contribution in [3.8, 4) is 0 Å². The van der Waals surface area contributed by atoms with Gasteiger partial charge in [-0.3, -0.25) is 0 Å². The standard InChI is InChI=1S/C12H9NO3S/c14-7-13-12(5-2-6-12)8-3-1-4-9-10(8)17-11(15)16-9/h1,3-4H,2,5-6H2. The van der Waals surface area contributed by atoms with E-state index >= 15 is 0 Å². The monoisotopic (exact) mass is 247 g/mol. The van der Waals surface area contributed by atoms with E-state index in [2.05, 4.69) is 4.99 Å². The summed E-state index contributed by atoms with van der Waals surface area (Å²) in [6.45, 7) is 0. The quantitative estimate of drug-likeness (QED) is 0.605. The van der Waals surface area contributed by atoms with Crippen molar-refractivity contribution in [1.29, 1.82) is 0 Å². The van der Waals surface area contributed by atoms with Gasteiger partial charge in [0.05, 0.1) is 10.2 Å². The maximum atomic E-state index is 11.3. The van der Waals surface area contributed by atoms with Crippen LogP contribution in [0.1, 0.15) is 24.8 Å². The minimum absolute atomic E-state index is 0.322. The zero-order valence-corrected chi connectivity index (χ0v) is 9.75. The third-order valence-corrected chi connectivity index (χ3v) is 4.17. The first-order valence-electron chi connectivity index (χ1n) is 5.37. The molecule has 1 aromatic carbocycles. The molecule has 86 valence electrons. The molecule has 2 aromatic rings. The van der Waals surface area contributed by atoms with E-state index in [1.54, 1.807) is 12.1 Å². The smallest absolute Gasteiger partial charge is 0.396 e. The van der Waals surface area contributed by atoms with Crippen molar-refractivity contribution in [2.75, 3.05) is 0 Å². The first kappa shape index (κ1) is 10.4. The Morgan fingerprint density at radius 3 is 2.88 bits per heavy atom. The van der Waals surface area contributed by atoms with E-state index in [0.29, 0.717) is 5.58 Å². The maximum Gasteiger partial charge on any atom is 0.396 e. The SMILES string of the molecule is O=C=NC1(c2cccc3oc(=O)sc23)CCC1. The first-order chi connectivity index (χ1) is 8.25. The molecule has 1 aromatic heterocycles. The van der Waals surface area contributed by atoms with E-state index < -0.39 is 5.54 Å². The number of nitrogens with zero attached hydrogens (tertiary/aromatic N) is 1. The van der Waals surface area contributed by atoms with Gasteiger partial charge in [0.1, 0.15) is 5.58 Å². The second kappa shape index (κ2) is 3.65. The second-order valence-electron chi connectivity index (χ2n) is 4.18. The highest BCUT2D eigenvalue weighted by Gasteiger charge is 2.40.